The van der Waals surface area contributed by atoms with Crippen LogP contribution in [-0.2, 0) is 26.5 Å². The Bertz CT molecular complexity index is 907. The smallest absolute Gasteiger partial charge is 0.354 e. The van der Waals surface area contributed by atoms with Crippen molar-refractivity contribution in [3.63, 3.8) is 0 Å². The van der Waals surface area contributed by atoms with Gasteiger partial charge in [-0.2, -0.15) is 0 Å². The number of carbonyl (C=O) groups is 1. The van der Waals surface area contributed by atoms with E-state index in [0.717, 1.165) is 36.1 Å². The Labute approximate surface area is 209 Å². The van der Waals surface area contributed by atoms with Crippen molar-refractivity contribution in [3.8, 4) is 11.4 Å². The molecule has 2 aromatic heterocycles. The Morgan fingerprint density at radius 3 is 2.12 bits per heavy atom. The Morgan fingerprint density at radius 2 is 1.58 bits per heavy atom. The van der Waals surface area contributed by atoms with E-state index in [1.54, 1.807) is 0 Å². The maximum atomic E-state index is 12.1. The summed E-state index contributed by atoms with van der Waals surface area (Å²) in [6.07, 6.45) is 16.7. The molecule has 0 amide bonds. The monoisotopic (exact) mass is 629 g/mol. The van der Waals surface area contributed by atoms with Gasteiger partial charge in [0.15, 0.2) is 0 Å². The summed E-state index contributed by atoms with van der Waals surface area (Å²) in [5.74, 6) is -0.926. The number of unbranched alkanes of at least 4 members (excludes halogenated alkanes) is 7. The third kappa shape index (κ3) is 11.8. The standard InChI is InChI=1S/C20H27N2.C6H4FNO2.Ir/c1-2-3-4-5-6-7-8-10-13-18-16-21-20(22-17-18)19-14-11-9-12-15-19;7-4-1-2-5(6(9)10)8-3-4;/h9,11-12,14,16-17H,2-8,10,13H2,1H3;1-3H,(H,9,10);/q-1;;. The van der Waals surface area contributed by atoms with Crippen LogP contribution in [0.5, 0.6) is 0 Å². The van der Waals surface area contributed by atoms with Crippen LogP contribution in [0.3, 0.4) is 0 Å². The van der Waals surface area contributed by atoms with Crippen LogP contribution in [0.4, 0.5) is 4.39 Å². The van der Waals surface area contributed by atoms with Crippen LogP contribution in [-0.4, -0.2) is 26.0 Å². The topological polar surface area (TPSA) is 76.0 Å². The fourth-order valence-corrected chi connectivity index (χ4v) is 3.12. The molecule has 0 atom stereocenters. The maximum Gasteiger partial charge on any atom is 0.354 e. The van der Waals surface area contributed by atoms with Crippen LogP contribution in [0.2, 0.25) is 0 Å². The fourth-order valence-electron chi connectivity index (χ4n) is 3.12. The van der Waals surface area contributed by atoms with Crippen molar-refractivity contribution < 1.29 is 34.4 Å². The number of benzene rings is 1. The molecule has 33 heavy (non-hydrogen) atoms. The number of carboxylic acid groups (broad SMARTS) is 1. The van der Waals surface area contributed by atoms with Gasteiger partial charge in [0, 0.05) is 32.5 Å². The molecule has 3 rings (SSSR count). The van der Waals surface area contributed by atoms with Gasteiger partial charge < -0.3 is 5.11 Å². The molecule has 5 nitrogen and oxygen atoms in total. The van der Waals surface area contributed by atoms with E-state index in [9.17, 15) is 9.18 Å². The van der Waals surface area contributed by atoms with Gasteiger partial charge in [-0.15, -0.1) is 35.9 Å². The fraction of sp³-hybridized carbons (Fsp3) is 0.385. The van der Waals surface area contributed by atoms with E-state index in [-0.39, 0.29) is 25.8 Å². The Hall–Kier alpha value is -2.50. The van der Waals surface area contributed by atoms with E-state index >= 15 is 0 Å². The van der Waals surface area contributed by atoms with Crippen molar-refractivity contribution in [1.82, 2.24) is 15.0 Å². The van der Waals surface area contributed by atoms with Gasteiger partial charge >= 0.3 is 5.97 Å². The predicted octanol–water partition coefficient (Wildman–Crippen LogP) is 6.54. The molecule has 1 N–H and O–H groups in total. The third-order valence-electron chi connectivity index (χ3n) is 4.92. The minimum absolute atomic E-state index is 0. The Balaban J connectivity index is 0.000000417. The van der Waals surface area contributed by atoms with Crippen LogP contribution in [0.1, 0.15) is 74.3 Å². The number of aromatic carboxylic acids is 1. The SMILES string of the molecule is CCCCCCCCCCc1cnc(-c2[c-]cccc2)nc1.O=C(O)c1ccc(F)cn1.[Ir]. The summed E-state index contributed by atoms with van der Waals surface area (Å²) >= 11 is 0. The number of nitrogens with zero attached hydrogens (tertiary/aromatic N) is 3. The number of hydrogen-bond acceptors (Lipinski definition) is 4. The van der Waals surface area contributed by atoms with Gasteiger partial charge in [0.05, 0.1) is 12.0 Å². The van der Waals surface area contributed by atoms with E-state index in [2.05, 4.69) is 27.9 Å². The molecule has 0 aliphatic carbocycles. The Kier molecular flexibility index (Phi) is 14.7. The molecule has 0 aliphatic heterocycles. The average Bonchev–Trinajstić information content (AvgIpc) is 2.82. The second-order valence-corrected chi connectivity index (χ2v) is 7.58. The molecule has 0 saturated heterocycles. The average molecular weight is 629 g/mol. The quantitative estimate of drug-likeness (QED) is 0.193. The van der Waals surface area contributed by atoms with Crippen LogP contribution in [0.15, 0.2) is 55.0 Å². The maximum absolute atomic E-state index is 12.1. The molecule has 1 radical (unpaired) electrons. The molecular formula is C26H31FIrN3O2-. The van der Waals surface area contributed by atoms with Crippen molar-refractivity contribution in [2.24, 2.45) is 0 Å². The molecule has 0 saturated carbocycles. The Morgan fingerprint density at radius 1 is 0.909 bits per heavy atom. The summed E-state index contributed by atoms with van der Waals surface area (Å²) in [5.41, 5.74) is 2.05. The van der Waals surface area contributed by atoms with Gasteiger partial charge in [0.2, 0.25) is 0 Å². The normalized spacial score (nSPS) is 10.0. The molecule has 1 aromatic carbocycles. The zero-order chi connectivity index (χ0) is 23.0. The summed E-state index contributed by atoms with van der Waals surface area (Å²) in [4.78, 5) is 22.3. The zero-order valence-electron chi connectivity index (χ0n) is 19.0. The minimum Gasteiger partial charge on any atom is -0.477 e. The van der Waals surface area contributed by atoms with E-state index < -0.39 is 11.8 Å². The second-order valence-electron chi connectivity index (χ2n) is 7.58. The van der Waals surface area contributed by atoms with Crippen molar-refractivity contribution in [3.05, 3.63) is 78.1 Å². The molecule has 0 fully saturated rings. The van der Waals surface area contributed by atoms with E-state index in [0.29, 0.717) is 0 Å². The van der Waals surface area contributed by atoms with Crippen LogP contribution in [0.25, 0.3) is 11.4 Å². The van der Waals surface area contributed by atoms with Crippen molar-refractivity contribution in [2.75, 3.05) is 0 Å². The van der Waals surface area contributed by atoms with Gasteiger partial charge in [-0.3, -0.25) is 9.97 Å². The molecule has 0 spiro atoms. The summed E-state index contributed by atoms with van der Waals surface area (Å²) in [7, 11) is 0. The van der Waals surface area contributed by atoms with E-state index in [1.165, 1.54) is 56.9 Å². The van der Waals surface area contributed by atoms with Crippen LogP contribution >= 0.6 is 0 Å². The number of pyridine rings is 1. The van der Waals surface area contributed by atoms with Crippen molar-refractivity contribution in [1.29, 1.82) is 0 Å². The zero-order valence-corrected chi connectivity index (χ0v) is 21.4. The number of aromatic nitrogens is 3. The minimum atomic E-state index is -1.15. The number of rotatable bonds is 11. The largest absolute Gasteiger partial charge is 0.477 e. The number of halogens is 1. The first-order valence-corrected chi connectivity index (χ1v) is 11.2. The van der Waals surface area contributed by atoms with Crippen LogP contribution < -0.4 is 0 Å². The first-order valence-electron chi connectivity index (χ1n) is 11.2. The van der Waals surface area contributed by atoms with Gasteiger partial charge in [-0.1, -0.05) is 51.9 Å². The molecule has 0 unspecified atom stereocenters. The number of hydrogen-bond donors (Lipinski definition) is 1. The summed E-state index contributed by atoms with van der Waals surface area (Å²) < 4.78 is 12.1. The van der Waals surface area contributed by atoms with Crippen molar-refractivity contribution in [2.45, 2.75) is 64.7 Å². The molecule has 2 heterocycles. The molecule has 0 bridgehead atoms. The molecule has 3 aromatic rings. The molecule has 0 aliphatic rings. The first-order chi connectivity index (χ1) is 15.6. The summed E-state index contributed by atoms with van der Waals surface area (Å²) in [6, 6.07) is 13.2. The second kappa shape index (κ2) is 17.0. The summed E-state index contributed by atoms with van der Waals surface area (Å²) in [5, 5.41) is 8.29. The van der Waals surface area contributed by atoms with Gasteiger partial charge in [0.25, 0.3) is 0 Å². The summed E-state index contributed by atoms with van der Waals surface area (Å²) in [6.45, 7) is 2.27. The van der Waals surface area contributed by atoms with E-state index in [1.807, 2.05) is 36.7 Å². The molecular weight excluding hydrogens is 598 g/mol. The molecule has 179 valence electrons. The molecule has 7 heteroatoms. The van der Waals surface area contributed by atoms with Gasteiger partial charge in [-0.25, -0.2) is 14.2 Å². The number of carboxylic acids is 1. The van der Waals surface area contributed by atoms with Gasteiger partial charge in [0.1, 0.15) is 11.5 Å². The van der Waals surface area contributed by atoms with Crippen molar-refractivity contribution >= 4 is 5.97 Å². The first kappa shape index (κ1) is 28.5. The predicted molar refractivity (Wildman–Crippen MR) is 124 cm³/mol. The number of aryl methyl sites for hydroxylation is 1. The third-order valence-corrected chi connectivity index (χ3v) is 4.92. The van der Waals surface area contributed by atoms with Crippen LogP contribution in [0, 0.1) is 11.9 Å². The van der Waals surface area contributed by atoms with Gasteiger partial charge in [-0.05, 0) is 30.5 Å². The van der Waals surface area contributed by atoms with E-state index in [4.69, 9.17) is 5.11 Å².